The average Bonchev–Trinajstić information content (AvgIpc) is 2.81. The summed E-state index contributed by atoms with van der Waals surface area (Å²) in [6.45, 7) is 1.87. The largest absolute Gasteiger partial charge is 0.478 e. The molecule has 172 valence electrons. The van der Waals surface area contributed by atoms with E-state index in [2.05, 4.69) is 4.74 Å². The zero-order valence-electron chi connectivity index (χ0n) is 18.2. The molecule has 0 atom stereocenters. The zero-order chi connectivity index (χ0) is 25.0. The maximum Gasteiger partial charge on any atom is 0.338 e. The van der Waals surface area contributed by atoms with Crippen molar-refractivity contribution >= 4 is 45.4 Å². The number of hydrogen-bond acceptors (Lipinski definition) is 5. The van der Waals surface area contributed by atoms with Gasteiger partial charge in [0.25, 0.3) is 0 Å². The van der Waals surface area contributed by atoms with Gasteiger partial charge in [0.05, 0.1) is 29.4 Å². The fraction of sp³-hybridized carbons (Fsp3) is 0.0769. The molecule has 0 radical (unpaired) electrons. The molecule has 34 heavy (non-hydrogen) atoms. The topological polar surface area (TPSA) is 138 Å². The van der Waals surface area contributed by atoms with Crippen LogP contribution in [0.4, 0.5) is 0 Å². The van der Waals surface area contributed by atoms with E-state index in [0.29, 0.717) is 16.2 Å². The van der Waals surface area contributed by atoms with E-state index in [1.807, 2.05) is 19.1 Å². The van der Waals surface area contributed by atoms with Gasteiger partial charge in [-0.2, -0.15) is 0 Å². The molecule has 0 saturated heterocycles. The fourth-order valence-corrected chi connectivity index (χ4v) is 3.62. The Morgan fingerprint density at radius 2 is 1.18 bits per heavy atom. The summed E-state index contributed by atoms with van der Waals surface area (Å²) >= 11 is 0. The summed E-state index contributed by atoms with van der Waals surface area (Å²) < 4.78 is 4.60. The molecule has 4 aromatic rings. The number of benzene rings is 4. The number of carboxylic acids is 3. The summed E-state index contributed by atoms with van der Waals surface area (Å²) in [5.41, 5.74) is 0.648. The molecule has 0 unspecified atom stereocenters. The standard InChI is InChI=1S/C14H12O4.C12H8O4/c1-8-3-4-9-5-6-10(14(17)18-2)12(13(15)16)11(9)7-8;13-11(14)9-6-5-7-3-1-2-4-8(7)10(9)12(15)16/h3-7H,1-2H3,(H,15,16);1-6H,(H,13,14)(H,15,16). The van der Waals surface area contributed by atoms with E-state index in [1.165, 1.54) is 19.2 Å². The van der Waals surface area contributed by atoms with Crippen molar-refractivity contribution in [1.29, 1.82) is 0 Å². The molecule has 0 aliphatic rings. The number of rotatable bonds is 4. The highest BCUT2D eigenvalue weighted by Crippen LogP contribution is 2.25. The Balaban J connectivity index is 0.000000192. The zero-order valence-corrected chi connectivity index (χ0v) is 18.2. The van der Waals surface area contributed by atoms with E-state index in [4.69, 9.17) is 10.2 Å². The van der Waals surface area contributed by atoms with Crippen LogP contribution in [-0.4, -0.2) is 46.3 Å². The van der Waals surface area contributed by atoms with Crippen LogP contribution in [0.5, 0.6) is 0 Å². The van der Waals surface area contributed by atoms with E-state index in [0.717, 1.165) is 10.9 Å². The fourth-order valence-electron chi connectivity index (χ4n) is 3.62. The van der Waals surface area contributed by atoms with Crippen LogP contribution < -0.4 is 0 Å². The van der Waals surface area contributed by atoms with Crippen molar-refractivity contribution in [2.75, 3.05) is 7.11 Å². The third kappa shape index (κ3) is 4.71. The molecule has 0 heterocycles. The third-order valence-electron chi connectivity index (χ3n) is 5.17. The van der Waals surface area contributed by atoms with Crippen molar-refractivity contribution in [3.63, 3.8) is 0 Å². The molecule has 4 aromatic carbocycles. The van der Waals surface area contributed by atoms with Crippen LogP contribution in [0.3, 0.4) is 0 Å². The van der Waals surface area contributed by atoms with Crippen LogP contribution in [0, 0.1) is 6.92 Å². The number of aryl methyl sites for hydroxylation is 1. The molecule has 0 amide bonds. The summed E-state index contributed by atoms with van der Waals surface area (Å²) in [6.07, 6.45) is 0. The molecule has 8 nitrogen and oxygen atoms in total. The Labute approximate surface area is 193 Å². The number of fused-ring (bicyclic) bond motifs is 2. The summed E-state index contributed by atoms with van der Waals surface area (Å²) in [6, 6.07) is 18.4. The first-order valence-corrected chi connectivity index (χ1v) is 9.99. The summed E-state index contributed by atoms with van der Waals surface area (Å²) in [5.74, 6) is -4.24. The number of hydrogen-bond donors (Lipinski definition) is 3. The SMILES string of the molecule is COC(=O)c1ccc2ccc(C)cc2c1C(=O)O.O=C(O)c1ccc2ccccc2c1C(=O)O. The summed E-state index contributed by atoms with van der Waals surface area (Å²) in [5, 5.41) is 29.7. The number of ether oxygens (including phenoxy) is 1. The lowest BCUT2D eigenvalue weighted by molar-refractivity contribution is 0.0583. The number of carbonyl (C=O) groups is 4. The van der Waals surface area contributed by atoms with Crippen LogP contribution >= 0.6 is 0 Å². The van der Waals surface area contributed by atoms with E-state index >= 15 is 0 Å². The monoisotopic (exact) mass is 460 g/mol. The first-order valence-electron chi connectivity index (χ1n) is 9.99. The van der Waals surface area contributed by atoms with Crippen molar-refractivity contribution in [1.82, 2.24) is 0 Å². The van der Waals surface area contributed by atoms with Gasteiger partial charge in [-0.25, -0.2) is 19.2 Å². The minimum absolute atomic E-state index is 0.0111. The third-order valence-corrected chi connectivity index (χ3v) is 5.17. The van der Waals surface area contributed by atoms with Crippen LogP contribution in [0.15, 0.2) is 66.7 Å². The molecular weight excluding hydrogens is 440 g/mol. The quantitative estimate of drug-likeness (QED) is 0.367. The minimum atomic E-state index is -1.23. The molecule has 3 N–H and O–H groups in total. The van der Waals surface area contributed by atoms with Crippen LogP contribution in [0.2, 0.25) is 0 Å². The van der Waals surface area contributed by atoms with Crippen molar-refractivity contribution < 1.29 is 39.2 Å². The molecule has 0 aliphatic carbocycles. The van der Waals surface area contributed by atoms with Gasteiger partial charge in [0.15, 0.2) is 0 Å². The maximum absolute atomic E-state index is 11.6. The van der Waals surface area contributed by atoms with E-state index < -0.39 is 23.9 Å². The lowest BCUT2D eigenvalue weighted by Crippen LogP contribution is -2.10. The van der Waals surface area contributed by atoms with Crippen molar-refractivity contribution in [2.45, 2.75) is 6.92 Å². The lowest BCUT2D eigenvalue weighted by Gasteiger charge is -2.08. The lowest BCUT2D eigenvalue weighted by atomic mass is 9.97. The van der Waals surface area contributed by atoms with Crippen molar-refractivity contribution in [3.05, 3.63) is 94.5 Å². The van der Waals surface area contributed by atoms with Crippen molar-refractivity contribution in [3.8, 4) is 0 Å². The van der Waals surface area contributed by atoms with Crippen LogP contribution in [0.1, 0.15) is 47.0 Å². The molecule has 0 bridgehead atoms. The molecule has 0 spiro atoms. The summed E-state index contributed by atoms with van der Waals surface area (Å²) in [4.78, 5) is 44.9. The number of carbonyl (C=O) groups excluding carboxylic acids is 1. The Morgan fingerprint density at radius 3 is 1.76 bits per heavy atom. The smallest absolute Gasteiger partial charge is 0.338 e. The predicted octanol–water partition coefficient (Wildman–Crippen LogP) is 4.87. The molecule has 0 saturated carbocycles. The van der Waals surface area contributed by atoms with Gasteiger partial charge in [-0.15, -0.1) is 0 Å². The second kappa shape index (κ2) is 9.83. The van der Waals surface area contributed by atoms with Crippen LogP contribution in [-0.2, 0) is 4.74 Å². The first-order chi connectivity index (χ1) is 16.1. The maximum atomic E-state index is 11.6. The second-order valence-corrected chi connectivity index (χ2v) is 7.33. The van der Waals surface area contributed by atoms with Gasteiger partial charge < -0.3 is 20.1 Å². The molecule has 8 heteroatoms. The molecule has 0 aliphatic heterocycles. The minimum Gasteiger partial charge on any atom is -0.478 e. The normalized spacial score (nSPS) is 10.3. The van der Waals surface area contributed by atoms with E-state index in [-0.39, 0.29) is 22.3 Å². The highest BCUT2D eigenvalue weighted by molar-refractivity contribution is 6.13. The molecule has 0 aromatic heterocycles. The highest BCUT2D eigenvalue weighted by Gasteiger charge is 2.20. The highest BCUT2D eigenvalue weighted by atomic mass is 16.5. The van der Waals surface area contributed by atoms with Crippen LogP contribution in [0.25, 0.3) is 21.5 Å². The summed E-state index contributed by atoms with van der Waals surface area (Å²) in [7, 11) is 1.23. The number of aromatic carboxylic acids is 3. The van der Waals surface area contributed by atoms with E-state index in [1.54, 1.807) is 42.5 Å². The van der Waals surface area contributed by atoms with Gasteiger partial charge in [0.2, 0.25) is 0 Å². The molecular formula is C26H20O8. The Morgan fingerprint density at radius 1 is 0.647 bits per heavy atom. The first kappa shape index (κ1) is 23.9. The Hall–Kier alpha value is -4.72. The van der Waals surface area contributed by atoms with Gasteiger partial charge in [-0.05, 0) is 40.6 Å². The average molecular weight is 460 g/mol. The Bertz CT molecular complexity index is 1450. The van der Waals surface area contributed by atoms with Gasteiger partial charge in [0, 0.05) is 0 Å². The van der Waals surface area contributed by atoms with Crippen molar-refractivity contribution in [2.24, 2.45) is 0 Å². The van der Waals surface area contributed by atoms with E-state index in [9.17, 15) is 24.3 Å². The second-order valence-electron chi connectivity index (χ2n) is 7.33. The van der Waals surface area contributed by atoms with Gasteiger partial charge >= 0.3 is 23.9 Å². The Kier molecular flexibility index (Phi) is 6.92. The molecule has 0 fully saturated rings. The predicted molar refractivity (Wildman–Crippen MR) is 125 cm³/mol. The number of carboxylic acid groups (broad SMARTS) is 3. The molecule has 4 rings (SSSR count). The van der Waals surface area contributed by atoms with Gasteiger partial charge in [-0.1, -0.05) is 60.2 Å². The van der Waals surface area contributed by atoms with Gasteiger partial charge in [-0.3, -0.25) is 0 Å². The van der Waals surface area contributed by atoms with Gasteiger partial charge in [0.1, 0.15) is 0 Å². The number of esters is 1. The number of methoxy groups -OCH3 is 1.